The number of aromatic nitrogens is 1. The highest BCUT2D eigenvalue weighted by Crippen LogP contribution is 2.36. The molecule has 1 aromatic heterocycles. The van der Waals surface area contributed by atoms with Gasteiger partial charge in [0.2, 0.25) is 0 Å². The van der Waals surface area contributed by atoms with Crippen LogP contribution in [0.15, 0.2) is 6.20 Å². The van der Waals surface area contributed by atoms with Crippen LogP contribution >= 0.6 is 11.6 Å². The summed E-state index contributed by atoms with van der Waals surface area (Å²) in [4.78, 5) is 3.72. The summed E-state index contributed by atoms with van der Waals surface area (Å²) in [5.41, 5.74) is 0.473. The number of ether oxygens (including phenoxy) is 2. The van der Waals surface area contributed by atoms with E-state index >= 15 is 0 Å². The van der Waals surface area contributed by atoms with Gasteiger partial charge in [0, 0.05) is 5.56 Å². The van der Waals surface area contributed by atoms with E-state index < -0.39 is 12.1 Å². The van der Waals surface area contributed by atoms with Crippen LogP contribution in [0.2, 0.25) is 0 Å². The molecule has 1 rings (SSSR count). The van der Waals surface area contributed by atoms with Gasteiger partial charge < -0.3 is 9.47 Å². The topological polar surface area (TPSA) is 55.1 Å². The van der Waals surface area contributed by atoms with Crippen LogP contribution in [0.5, 0.6) is 11.5 Å². The second-order valence-corrected chi connectivity index (χ2v) is 3.36. The number of halogens is 4. The second-order valence-electron chi connectivity index (χ2n) is 3.10. The number of alkyl halides is 4. The van der Waals surface area contributed by atoms with Gasteiger partial charge in [0.1, 0.15) is 0 Å². The average Bonchev–Trinajstić information content (AvgIpc) is 2.28. The summed E-state index contributed by atoms with van der Waals surface area (Å²) in [5, 5.41) is 8.57. The van der Waals surface area contributed by atoms with Gasteiger partial charge in [-0.3, -0.25) is 4.98 Å². The van der Waals surface area contributed by atoms with Crippen molar-refractivity contribution in [1.29, 1.82) is 5.26 Å². The third-order valence-corrected chi connectivity index (χ3v) is 2.26. The third kappa shape index (κ3) is 3.40. The zero-order valence-corrected chi connectivity index (χ0v) is 9.97. The highest BCUT2D eigenvalue weighted by Gasteiger charge is 2.33. The molecule has 0 saturated heterocycles. The van der Waals surface area contributed by atoms with Crippen LogP contribution in [-0.2, 0) is 12.3 Å². The molecule has 18 heavy (non-hydrogen) atoms. The maximum Gasteiger partial charge on any atom is 0.573 e. The number of nitriles is 1. The first kappa shape index (κ1) is 14.4. The van der Waals surface area contributed by atoms with Crippen LogP contribution < -0.4 is 9.47 Å². The predicted molar refractivity (Wildman–Crippen MR) is 56.3 cm³/mol. The lowest BCUT2D eigenvalue weighted by molar-refractivity contribution is -0.275. The van der Waals surface area contributed by atoms with Crippen molar-refractivity contribution < 1.29 is 22.6 Å². The molecule has 1 heterocycles. The molecule has 1 aromatic rings. The van der Waals surface area contributed by atoms with E-state index in [9.17, 15) is 13.2 Å². The first-order valence-corrected chi connectivity index (χ1v) is 5.19. The van der Waals surface area contributed by atoms with Gasteiger partial charge in [-0.1, -0.05) is 0 Å². The number of methoxy groups -OCH3 is 1. The van der Waals surface area contributed by atoms with E-state index in [1.165, 1.54) is 7.11 Å². The lowest BCUT2D eigenvalue weighted by Crippen LogP contribution is -2.18. The fourth-order valence-corrected chi connectivity index (χ4v) is 1.61. The number of pyridine rings is 1. The SMILES string of the molecule is COc1c(OC(F)(F)F)cnc(CC#N)c1CCl. The number of nitrogens with zero attached hydrogens (tertiary/aromatic N) is 2. The highest BCUT2D eigenvalue weighted by molar-refractivity contribution is 6.17. The van der Waals surface area contributed by atoms with Crippen LogP contribution in [0.4, 0.5) is 13.2 Å². The number of hydrogen-bond acceptors (Lipinski definition) is 4. The fourth-order valence-electron chi connectivity index (χ4n) is 1.34. The zero-order chi connectivity index (χ0) is 13.8. The van der Waals surface area contributed by atoms with Crippen LogP contribution in [0.3, 0.4) is 0 Å². The van der Waals surface area contributed by atoms with E-state index in [0.29, 0.717) is 0 Å². The zero-order valence-electron chi connectivity index (χ0n) is 9.21. The molecular weight excluding hydrogens is 273 g/mol. The molecule has 0 unspecified atom stereocenters. The number of rotatable bonds is 4. The lowest BCUT2D eigenvalue weighted by atomic mass is 10.1. The van der Waals surface area contributed by atoms with Crippen LogP contribution in [0, 0.1) is 11.3 Å². The van der Waals surface area contributed by atoms with Crippen molar-refractivity contribution in [1.82, 2.24) is 4.98 Å². The summed E-state index contributed by atoms with van der Waals surface area (Å²) in [6.07, 6.45) is -4.07. The van der Waals surface area contributed by atoms with E-state index in [2.05, 4.69) is 9.72 Å². The summed E-state index contributed by atoms with van der Waals surface area (Å²) in [6.45, 7) is 0. The van der Waals surface area contributed by atoms with E-state index in [1.54, 1.807) is 0 Å². The molecule has 0 aliphatic heterocycles. The van der Waals surface area contributed by atoms with Crippen molar-refractivity contribution in [2.45, 2.75) is 18.7 Å². The smallest absolute Gasteiger partial charge is 0.492 e. The van der Waals surface area contributed by atoms with Gasteiger partial charge in [0.15, 0.2) is 11.5 Å². The van der Waals surface area contributed by atoms with Gasteiger partial charge in [-0.2, -0.15) is 5.26 Å². The Balaban J connectivity index is 3.26. The Hall–Kier alpha value is -1.68. The quantitative estimate of drug-likeness (QED) is 0.796. The molecule has 0 radical (unpaired) electrons. The Kier molecular flexibility index (Phi) is 4.62. The fraction of sp³-hybridized carbons (Fsp3) is 0.400. The summed E-state index contributed by atoms with van der Waals surface area (Å²) >= 11 is 5.63. The van der Waals surface area contributed by atoms with Crippen molar-refractivity contribution in [3.8, 4) is 17.6 Å². The predicted octanol–water partition coefficient (Wildman–Crippen LogP) is 2.79. The molecule has 4 nitrogen and oxygen atoms in total. The van der Waals surface area contributed by atoms with Crippen molar-refractivity contribution in [2.24, 2.45) is 0 Å². The molecule has 0 N–H and O–H groups in total. The van der Waals surface area contributed by atoms with Gasteiger partial charge in [0.25, 0.3) is 0 Å². The molecule has 0 bridgehead atoms. The standard InChI is InChI=1S/C10H8ClF3N2O2/c1-17-9-6(4-11)7(2-3-15)16-5-8(9)18-10(12,13)14/h5H,2,4H2,1H3. The Labute approximate surface area is 106 Å². The molecule has 0 fully saturated rings. The molecular formula is C10H8ClF3N2O2. The molecule has 0 amide bonds. The van der Waals surface area contributed by atoms with Crippen molar-refractivity contribution in [3.63, 3.8) is 0 Å². The molecule has 0 spiro atoms. The van der Waals surface area contributed by atoms with Gasteiger partial charge in [0.05, 0.1) is 37.4 Å². The molecule has 0 aliphatic rings. The minimum Gasteiger partial charge on any atom is -0.492 e. The highest BCUT2D eigenvalue weighted by atomic mass is 35.5. The summed E-state index contributed by atoms with van der Waals surface area (Å²) in [6, 6.07) is 1.84. The second kappa shape index (κ2) is 5.78. The molecule has 0 aromatic carbocycles. The van der Waals surface area contributed by atoms with Crippen molar-refractivity contribution in [2.75, 3.05) is 7.11 Å². The normalized spacial score (nSPS) is 10.9. The van der Waals surface area contributed by atoms with Crippen molar-refractivity contribution >= 4 is 11.6 Å². The number of hydrogen-bond donors (Lipinski definition) is 0. The van der Waals surface area contributed by atoms with E-state index in [1.807, 2.05) is 6.07 Å². The van der Waals surface area contributed by atoms with Crippen LogP contribution in [-0.4, -0.2) is 18.5 Å². The molecule has 8 heteroatoms. The first-order valence-electron chi connectivity index (χ1n) is 4.66. The Morgan fingerprint density at radius 2 is 2.17 bits per heavy atom. The van der Waals surface area contributed by atoms with Gasteiger partial charge in [-0.25, -0.2) is 0 Å². The van der Waals surface area contributed by atoms with Crippen LogP contribution in [0.25, 0.3) is 0 Å². The Morgan fingerprint density at radius 3 is 2.61 bits per heavy atom. The Morgan fingerprint density at radius 1 is 1.50 bits per heavy atom. The van der Waals surface area contributed by atoms with E-state index in [0.717, 1.165) is 6.20 Å². The molecule has 0 aliphatic carbocycles. The van der Waals surface area contributed by atoms with Gasteiger partial charge >= 0.3 is 6.36 Å². The molecule has 0 atom stereocenters. The van der Waals surface area contributed by atoms with E-state index in [4.69, 9.17) is 21.6 Å². The molecule has 0 saturated carbocycles. The Bertz CT molecular complexity index is 471. The van der Waals surface area contributed by atoms with Crippen molar-refractivity contribution in [3.05, 3.63) is 17.5 Å². The minimum atomic E-state index is -4.85. The van der Waals surface area contributed by atoms with E-state index in [-0.39, 0.29) is 29.3 Å². The van der Waals surface area contributed by atoms with Crippen LogP contribution in [0.1, 0.15) is 11.3 Å². The minimum absolute atomic E-state index is 0.0787. The third-order valence-electron chi connectivity index (χ3n) is 1.99. The average molecular weight is 281 g/mol. The first-order chi connectivity index (χ1) is 8.42. The summed E-state index contributed by atoms with van der Waals surface area (Å²) in [7, 11) is 1.19. The van der Waals surface area contributed by atoms with Gasteiger partial charge in [-0.05, 0) is 0 Å². The summed E-state index contributed by atoms with van der Waals surface area (Å²) in [5.74, 6) is -0.882. The maximum absolute atomic E-state index is 12.2. The van der Waals surface area contributed by atoms with Gasteiger partial charge in [-0.15, -0.1) is 24.8 Å². The molecule has 98 valence electrons. The largest absolute Gasteiger partial charge is 0.573 e. The lowest BCUT2D eigenvalue weighted by Gasteiger charge is -2.15. The monoisotopic (exact) mass is 280 g/mol. The maximum atomic E-state index is 12.2. The summed E-state index contributed by atoms with van der Waals surface area (Å²) < 4.78 is 45.1.